The number of rotatable bonds is 5. The van der Waals surface area contributed by atoms with Crippen LogP contribution in [-0.2, 0) is 9.59 Å². The highest BCUT2D eigenvalue weighted by molar-refractivity contribution is 5.93. The van der Waals surface area contributed by atoms with Gasteiger partial charge in [-0.1, -0.05) is 24.6 Å². The fourth-order valence-corrected chi connectivity index (χ4v) is 4.40. The second-order valence-electron chi connectivity index (χ2n) is 7.95. The molecular formula is C21H32N4O2. The van der Waals surface area contributed by atoms with Gasteiger partial charge in [0.1, 0.15) is 0 Å². The first-order valence-electron chi connectivity index (χ1n) is 10.1. The van der Waals surface area contributed by atoms with E-state index in [0.717, 1.165) is 49.2 Å². The van der Waals surface area contributed by atoms with Crippen molar-refractivity contribution in [3.63, 3.8) is 0 Å². The monoisotopic (exact) mass is 372 g/mol. The molecule has 6 heteroatoms. The number of nitrogens with two attached hydrogens (primary N) is 1. The minimum Gasteiger partial charge on any atom is -0.340 e. The highest BCUT2D eigenvalue weighted by Gasteiger charge is 2.35. The number of para-hydroxylation sites is 1. The summed E-state index contributed by atoms with van der Waals surface area (Å²) in [4.78, 5) is 29.3. The Morgan fingerprint density at radius 1 is 1.11 bits per heavy atom. The van der Waals surface area contributed by atoms with E-state index in [0.29, 0.717) is 32.1 Å². The molecule has 0 radical (unpaired) electrons. The molecule has 1 aromatic carbocycles. The van der Waals surface area contributed by atoms with Crippen molar-refractivity contribution in [2.45, 2.75) is 33.1 Å². The van der Waals surface area contributed by atoms with Crippen LogP contribution in [0.5, 0.6) is 0 Å². The quantitative estimate of drug-likeness (QED) is 0.826. The molecule has 0 spiro atoms. The molecule has 1 aliphatic carbocycles. The van der Waals surface area contributed by atoms with E-state index in [2.05, 4.69) is 10.2 Å². The van der Waals surface area contributed by atoms with Gasteiger partial charge in [-0.3, -0.25) is 14.5 Å². The van der Waals surface area contributed by atoms with Crippen molar-refractivity contribution in [3.8, 4) is 0 Å². The number of hydrogen-bond donors (Lipinski definition) is 2. The van der Waals surface area contributed by atoms with E-state index < -0.39 is 0 Å². The van der Waals surface area contributed by atoms with Crippen molar-refractivity contribution in [2.24, 2.45) is 17.6 Å². The van der Waals surface area contributed by atoms with Gasteiger partial charge < -0.3 is 16.0 Å². The number of aryl methyl sites for hydroxylation is 2. The summed E-state index contributed by atoms with van der Waals surface area (Å²) >= 11 is 0. The van der Waals surface area contributed by atoms with Crippen LogP contribution >= 0.6 is 0 Å². The normalized spacial score (nSPS) is 23.4. The van der Waals surface area contributed by atoms with Crippen LogP contribution in [0.15, 0.2) is 18.2 Å². The maximum absolute atomic E-state index is 12.8. The number of carbonyl (C=O) groups excluding carboxylic acids is 2. The highest BCUT2D eigenvalue weighted by atomic mass is 16.2. The van der Waals surface area contributed by atoms with Crippen LogP contribution in [0.1, 0.15) is 30.4 Å². The second kappa shape index (κ2) is 8.85. The standard InChI is InChI=1S/C21H32N4O2/c1-15-5-3-6-16(2)20(15)23-19(26)14-24-9-11-25(12-10-24)21(27)18-8-4-7-17(18)13-22/h3,5-6,17-18H,4,7-14,22H2,1-2H3,(H,23,26)/t17-,18-/m1/s1. The molecule has 2 atom stereocenters. The topological polar surface area (TPSA) is 78.7 Å². The second-order valence-corrected chi connectivity index (χ2v) is 7.95. The number of benzene rings is 1. The number of carbonyl (C=O) groups is 2. The molecule has 27 heavy (non-hydrogen) atoms. The lowest BCUT2D eigenvalue weighted by Gasteiger charge is -2.36. The smallest absolute Gasteiger partial charge is 0.238 e. The SMILES string of the molecule is Cc1cccc(C)c1NC(=O)CN1CCN(C(=O)[C@@H]2CCC[C@@H]2CN)CC1. The van der Waals surface area contributed by atoms with Crippen LogP contribution in [0.3, 0.4) is 0 Å². The Labute approximate surface area is 162 Å². The lowest BCUT2D eigenvalue weighted by atomic mass is 9.94. The zero-order chi connectivity index (χ0) is 19.4. The molecule has 1 saturated carbocycles. The third-order valence-electron chi connectivity index (χ3n) is 6.08. The first-order valence-corrected chi connectivity index (χ1v) is 10.1. The highest BCUT2D eigenvalue weighted by Crippen LogP contribution is 2.32. The van der Waals surface area contributed by atoms with Crippen molar-refractivity contribution in [3.05, 3.63) is 29.3 Å². The van der Waals surface area contributed by atoms with E-state index >= 15 is 0 Å². The maximum Gasteiger partial charge on any atom is 0.238 e. The van der Waals surface area contributed by atoms with E-state index in [1.54, 1.807) is 0 Å². The van der Waals surface area contributed by atoms with E-state index in [4.69, 9.17) is 5.73 Å². The van der Waals surface area contributed by atoms with E-state index in [9.17, 15) is 9.59 Å². The fourth-order valence-electron chi connectivity index (χ4n) is 4.40. The largest absolute Gasteiger partial charge is 0.340 e. The van der Waals surface area contributed by atoms with Crippen molar-refractivity contribution >= 4 is 17.5 Å². The maximum atomic E-state index is 12.8. The van der Waals surface area contributed by atoms with Crippen LogP contribution in [0, 0.1) is 25.7 Å². The Hall–Kier alpha value is -1.92. The van der Waals surface area contributed by atoms with Gasteiger partial charge in [-0.25, -0.2) is 0 Å². The molecule has 2 fully saturated rings. The van der Waals surface area contributed by atoms with Crippen LogP contribution in [0.2, 0.25) is 0 Å². The van der Waals surface area contributed by atoms with Gasteiger partial charge in [0.2, 0.25) is 11.8 Å². The van der Waals surface area contributed by atoms with E-state index in [1.165, 1.54) is 0 Å². The third kappa shape index (κ3) is 4.68. The molecule has 2 aliphatic rings. The molecule has 1 aromatic rings. The summed E-state index contributed by atoms with van der Waals surface area (Å²) in [5, 5.41) is 3.04. The lowest BCUT2D eigenvalue weighted by molar-refractivity contribution is -0.138. The summed E-state index contributed by atoms with van der Waals surface area (Å²) in [7, 11) is 0. The fraction of sp³-hybridized carbons (Fsp3) is 0.619. The number of hydrogen-bond acceptors (Lipinski definition) is 4. The summed E-state index contributed by atoms with van der Waals surface area (Å²) in [6.07, 6.45) is 3.15. The Morgan fingerprint density at radius 3 is 2.41 bits per heavy atom. The molecule has 1 heterocycles. The molecule has 3 rings (SSSR count). The molecule has 0 aromatic heterocycles. The molecule has 0 bridgehead atoms. The molecule has 6 nitrogen and oxygen atoms in total. The van der Waals surface area contributed by atoms with Gasteiger partial charge in [-0.2, -0.15) is 0 Å². The molecule has 3 N–H and O–H groups in total. The Balaban J connectivity index is 1.48. The molecular weight excluding hydrogens is 340 g/mol. The van der Waals surface area contributed by atoms with Gasteiger partial charge in [0.15, 0.2) is 0 Å². The first-order chi connectivity index (χ1) is 13.0. The lowest BCUT2D eigenvalue weighted by Crippen LogP contribution is -2.52. The zero-order valence-electron chi connectivity index (χ0n) is 16.5. The van der Waals surface area contributed by atoms with Crippen molar-refractivity contribution < 1.29 is 9.59 Å². The van der Waals surface area contributed by atoms with Gasteiger partial charge in [-0.05, 0) is 50.3 Å². The summed E-state index contributed by atoms with van der Waals surface area (Å²) in [6, 6.07) is 6.01. The van der Waals surface area contributed by atoms with Crippen molar-refractivity contribution in [2.75, 3.05) is 44.6 Å². The average molecular weight is 373 g/mol. The van der Waals surface area contributed by atoms with Crippen molar-refractivity contribution in [1.29, 1.82) is 0 Å². The van der Waals surface area contributed by atoms with Crippen molar-refractivity contribution in [1.82, 2.24) is 9.80 Å². The van der Waals surface area contributed by atoms with E-state index in [-0.39, 0.29) is 17.7 Å². The number of amides is 2. The molecule has 1 saturated heterocycles. The van der Waals surface area contributed by atoms with Gasteiger partial charge in [0.05, 0.1) is 6.54 Å². The Bertz CT molecular complexity index is 663. The average Bonchev–Trinajstić information content (AvgIpc) is 3.14. The van der Waals surface area contributed by atoms with Crippen LogP contribution < -0.4 is 11.1 Å². The van der Waals surface area contributed by atoms with Gasteiger partial charge in [0, 0.05) is 37.8 Å². The van der Waals surface area contributed by atoms with Gasteiger partial charge in [-0.15, -0.1) is 0 Å². The summed E-state index contributed by atoms with van der Waals surface area (Å²) in [5.74, 6) is 0.723. The van der Waals surface area contributed by atoms with Gasteiger partial charge >= 0.3 is 0 Å². The first kappa shape index (κ1) is 19.8. The zero-order valence-corrected chi connectivity index (χ0v) is 16.5. The molecule has 1 aliphatic heterocycles. The molecule has 0 unspecified atom stereocenters. The van der Waals surface area contributed by atoms with Crippen LogP contribution in [0.25, 0.3) is 0 Å². The third-order valence-corrected chi connectivity index (χ3v) is 6.08. The predicted octanol–water partition coefficient (Wildman–Crippen LogP) is 1.76. The molecule has 148 valence electrons. The van der Waals surface area contributed by atoms with Gasteiger partial charge in [0.25, 0.3) is 0 Å². The van der Waals surface area contributed by atoms with Crippen LogP contribution in [-0.4, -0.2) is 60.9 Å². The summed E-state index contributed by atoms with van der Waals surface area (Å²) < 4.78 is 0. The number of piperazine rings is 1. The minimum atomic E-state index is 0.00571. The minimum absolute atomic E-state index is 0.00571. The Kier molecular flexibility index (Phi) is 6.50. The number of nitrogens with one attached hydrogen (secondary N) is 1. The summed E-state index contributed by atoms with van der Waals surface area (Å²) in [5.41, 5.74) is 8.88. The summed E-state index contributed by atoms with van der Waals surface area (Å²) in [6.45, 7) is 7.86. The number of nitrogens with zero attached hydrogens (tertiary/aromatic N) is 2. The van der Waals surface area contributed by atoms with E-state index in [1.807, 2.05) is 36.9 Å². The molecule has 2 amide bonds. The predicted molar refractivity (Wildman–Crippen MR) is 107 cm³/mol. The Morgan fingerprint density at radius 2 is 1.78 bits per heavy atom. The number of anilines is 1. The van der Waals surface area contributed by atoms with Crippen LogP contribution in [0.4, 0.5) is 5.69 Å².